The van der Waals surface area contributed by atoms with E-state index >= 15 is 0 Å². The molecule has 0 aliphatic heterocycles. The maximum Gasteiger partial charge on any atom is 0.408 e. The molecule has 9 nitrogen and oxygen atoms in total. The van der Waals surface area contributed by atoms with Gasteiger partial charge in [0.1, 0.15) is 30.0 Å². The van der Waals surface area contributed by atoms with Gasteiger partial charge in [0, 0.05) is 16.9 Å². The van der Waals surface area contributed by atoms with Crippen LogP contribution in [0.2, 0.25) is 0 Å². The molecule has 1 aromatic carbocycles. The third kappa shape index (κ3) is 8.50. The van der Waals surface area contributed by atoms with Gasteiger partial charge in [-0.1, -0.05) is 18.2 Å². The van der Waals surface area contributed by atoms with Crippen LogP contribution in [0.3, 0.4) is 0 Å². The van der Waals surface area contributed by atoms with Crippen molar-refractivity contribution in [2.45, 2.75) is 71.7 Å². The van der Waals surface area contributed by atoms with Crippen molar-refractivity contribution in [3.05, 3.63) is 29.3 Å². The first-order valence-electron chi connectivity index (χ1n) is 10.5. The molecule has 2 atom stereocenters. The Bertz CT molecular complexity index is 915. The number of hydrogen-bond donors (Lipinski definition) is 4. The quantitative estimate of drug-likeness (QED) is 0.352. The zero-order valence-electron chi connectivity index (χ0n) is 20.2. The van der Waals surface area contributed by atoms with Crippen molar-refractivity contribution in [1.82, 2.24) is 15.5 Å². The largest absolute Gasteiger partial charge is 0.507 e. The van der Waals surface area contributed by atoms with E-state index in [4.69, 9.17) is 4.74 Å². The van der Waals surface area contributed by atoms with E-state index in [0.29, 0.717) is 5.56 Å². The second-order valence-electron chi connectivity index (χ2n) is 9.66. The average Bonchev–Trinajstić information content (AvgIpc) is 2.65. The molecule has 1 rings (SSSR count). The van der Waals surface area contributed by atoms with Crippen LogP contribution in [0, 0.1) is 18.3 Å². The molecule has 0 aromatic heterocycles. The maximum atomic E-state index is 13.4. The fraction of sp³-hybridized carbons (Fsp3) is 0.565. The van der Waals surface area contributed by atoms with Gasteiger partial charge in [-0.05, 0) is 54.0 Å². The Labute approximate surface area is 200 Å². The highest BCUT2D eigenvalue weighted by Gasteiger charge is 2.38. The zero-order valence-corrected chi connectivity index (χ0v) is 21.1. The van der Waals surface area contributed by atoms with Gasteiger partial charge in [-0.15, -0.1) is 0 Å². The highest BCUT2D eigenvalue weighted by atomic mass is 32.1. The fourth-order valence-corrected chi connectivity index (χ4v) is 3.25. The van der Waals surface area contributed by atoms with E-state index in [-0.39, 0.29) is 17.1 Å². The molecule has 0 saturated heterocycles. The van der Waals surface area contributed by atoms with Gasteiger partial charge in [-0.3, -0.25) is 9.59 Å². The third-order valence-electron chi connectivity index (χ3n) is 4.32. The predicted octanol–water partition coefficient (Wildman–Crippen LogP) is 2.83. The molecule has 3 N–H and O–H groups in total. The highest BCUT2D eigenvalue weighted by molar-refractivity contribution is 7.80. The van der Waals surface area contributed by atoms with Crippen LogP contribution in [0.15, 0.2) is 18.2 Å². The first-order valence-corrected chi connectivity index (χ1v) is 11.1. The number of alkyl carbamates (subject to hydrolysis) is 1. The lowest BCUT2D eigenvalue weighted by atomic mass is 9.98. The highest BCUT2D eigenvalue weighted by Crippen LogP contribution is 2.32. The van der Waals surface area contributed by atoms with Crippen molar-refractivity contribution in [1.29, 1.82) is 5.26 Å². The van der Waals surface area contributed by atoms with Gasteiger partial charge in [0.2, 0.25) is 11.8 Å². The van der Waals surface area contributed by atoms with Crippen LogP contribution in [-0.2, 0) is 14.3 Å². The summed E-state index contributed by atoms with van der Waals surface area (Å²) < 4.78 is 5.21. The molecule has 0 bridgehead atoms. The van der Waals surface area contributed by atoms with E-state index in [9.17, 15) is 24.8 Å². The maximum absolute atomic E-state index is 13.4. The Hall–Kier alpha value is -2.93. The lowest BCUT2D eigenvalue weighted by Crippen LogP contribution is -2.55. The van der Waals surface area contributed by atoms with Crippen LogP contribution in [-0.4, -0.2) is 57.4 Å². The fourth-order valence-electron chi connectivity index (χ4n) is 3.00. The number of nitrogens with one attached hydrogen (secondary N) is 2. The topological polar surface area (TPSA) is 132 Å². The van der Waals surface area contributed by atoms with E-state index in [1.165, 1.54) is 6.07 Å². The summed E-state index contributed by atoms with van der Waals surface area (Å²) in [5.74, 6) is -1.56. The number of phenols is 1. The van der Waals surface area contributed by atoms with Gasteiger partial charge in [-0.25, -0.2) is 4.79 Å². The summed E-state index contributed by atoms with van der Waals surface area (Å²) in [6.45, 7) is 11.6. The van der Waals surface area contributed by atoms with Crippen molar-refractivity contribution in [3.63, 3.8) is 0 Å². The minimum atomic E-state index is -1.32. The third-order valence-corrected chi connectivity index (χ3v) is 4.68. The van der Waals surface area contributed by atoms with Crippen LogP contribution >= 0.6 is 12.6 Å². The molecule has 2 unspecified atom stereocenters. The molecule has 33 heavy (non-hydrogen) atoms. The summed E-state index contributed by atoms with van der Waals surface area (Å²) in [5.41, 5.74) is -0.768. The number of thiol groups is 1. The van der Waals surface area contributed by atoms with Gasteiger partial charge in [0.05, 0.1) is 6.07 Å². The number of phenolic OH excluding ortho intramolecular Hbond substituents is 1. The first kappa shape index (κ1) is 28.1. The molecule has 0 aliphatic rings. The molecule has 0 spiro atoms. The minimum Gasteiger partial charge on any atom is -0.507 e. The van der Waals surface area contributed by atoms with Crippen molar-refractivity contribution in [3.8, 4) is 11.8 Å². The number of nitriles is 1. The van der Waals surface area contributed by atoms with Gasteiger partial charge in [-0.2, -0.15) is 17.9 Å². The van der Waals surface area contributed by atoms with Crippen LogP contribution < -0.4 is 10.6 Å². The lowest BCUT2D eigenvalue weighted by molar-refractivity contribution is -0.142. The summed E-state index contributed by atoms with van der Waals surface area (Å²) in [4.78, 5) is 40.0. The standard InChI is InChI=1S/C23H34N4O5S/c1-14-9-8-10-15(18(14)28)17(19(29)26-22(2,3)4)27(12-11-24)20(30)16(13-33)25-21(31)32-23(5,6)7/h8-10,16-17,28,33H,12-13H2,1-7H3,(H,25,31)(H,26,29). The van der Waals surface area contributed by atoms with Crippen molar-refractivity contribution in [2.75, 3.05) is 12.3 Å². The Morgan fingerprint density at radius 3 is 2.30 bits per heavy atom. The molecule has 0 aliphatic carbocycles. The number of nitrogens with zero attached hydrogens (tertiary/aromatic N) is 2. The van der Waals surface area contributed by atoms with Crippen LogP contribution in [0.4, 0.5) is 4.79 Å². The Kier molecular flexibility index (Phi) is 9.60. The minimum absolute atomic E-state index is 0.104. The van der Waals surface area contributed by atoms with E-state index in [0.717, 1.165) is 4.90 Å². The number of para-hydroxylation sites is 1. The van der Waals surface area contributed by atoms with Crippen molar-refractivity contribution >= 4 is 30.5 Å². The van der Waals surface area contributed by atoms with Gasteiger partial charge in [0.15, 0.2) is 0 Å². The molecule has 1 aromatic rings. The van der Waals surface area contributed by atoms with E-state index in [1.54, 1.807) is 60.6 Å². The first-order chi connectivity index (χ1) is 15.1. The number of amides is 3. The number of aromatic hydroxyl groups is 1. The average molecular weight is 479 g/mol. The van der Waals surface area contributed by atoms with Gasteiger partial charge >= 0.3 is 6.09 Å². The lowest BCUT2D eigenvalue weighted by Gasteiger charge is -2.34. The van der Waals surface area contributed by atoms with Gasteiger partial charge < -0.3 is 25.4 Å². The molecule has 0 radical (unpaired) electrons. The second-order valence-corrected chi connectivity index (χ2v) is 10.0. The Balaban J connectivity index is 3.47. The molecular formula is C23H34N4O5S. The van der Waals surface area contributed by atoms with Crippen LogP contribution in [0.5, 0.6) is 5.75 Å². The number of benzene rings is 1. The smallest absolute Gasteiger partial charge is 0.408 e. The van der Waals surface area contributed by atoms with Crippen molar-refractivity contribution < 1.29 is 24.2 Å². The summed E-state index contributed by atoms with van der Waals surface area (Å²) in [6, 6.07) is 4.23. The number of aryl methyl sites for hydroxylation is 1. The molecule has 3 amide bonds. The molecular weight excluding hydrogens is 444 g/mol. The van der Waals surface area contributed by atoms with Crippen molar-refractivity contribution in [2.24, 2.45) is 0 Å². The number of rotatable bonds is 7. The molecule has 0 saturated carbocycles. The normalized spacial score (nSPS) is 13.3. The number of ether oxygens (including phenoxy) is 1. The van der Waals surface area contributed by atoms with E-state index in [2.05, 4.69) is 23.3 Å². The summed E-state index contributed by atoms with van der Waals surface area (Å²) in [7, 11) is 0. The summed E-state index contributed by atoms with van der Waals surface area (Å²) in [6.07, 6.45) is -0.832. The molecule has 0 fully saturated rings. The summed E-state index contributed by atoms with van der Waals surface area (Å²) in [5, 5.41) is 25.4. The molecule has 10 heteroatoms. The van der Waals surface area contributed by atoms with E-state index in [1.807, 2.05) is 6.07 Å². The SMILES string of the molecule is Cc1cccc(C(C(=O)NC(C)(C)C)N(CC#N)C(=O)C(CS)NC(=O)OC(C)(C)C)c1O. The second kappa shape index (κ2) is 11.3. The predicted molar refractivity (Wildman–Crippen MR) is 128 cm³/mol. The zero-order chi connectivity index (χ0) is 25.6. The van der Waals surface area contributed by atoms with Crippen LogP contribution in [0.1, 0.15) is 58.7 Å². The van der Waals surface area contributed by atoms with Crippen LogP contribution in [0.25, 0.3) is 0 Å². The number of hydrogen-bond acceptors (Lipinski definition) is 7. The molecule has 182 valence electrons. The number of carbonyl (C=O) groups excluding carboxylic acids is 3. The monoisotopic (exact) mass is 478 g/mol. The van der Waals surface area contributed by atoms with Gasteiger partial charge in [0.25, 0.3) is 0 Å². The summed E-state index contributed by atoms with van der Waals surface area (Å²) >= 11 is 4.17. The number of carbonyl (C=O) groups is 3. The Morgan fingerprint density at radius 2 is 1.82 bits per heavy atom. The van der Waals surface area contributed by atoms with E-state index < -0.39 is 47.7 Å². The molecule has 0 heterocycles. The Morgan fingerprint density at radius 1 is 1.21 bits per heavy atom.